The fraction of sp³-hybridized carbons (Fsp3) is 0.438. The third kappa shape index (κ3) is 3.36. The van der Waals surface area contributed by atoms with Gasteiger partial charge in [-0.3, -0.25) is 0 Å². The molecule has 1 aromatic carbocycles. The molecule has 0 saturated carbocycles. The molecular formula is C16H19N5O4S. The van der Waals surface area contributed by atoms with E-state index in [4.69, 9.17) is 9.47 Å². The summed E-state index contributed by atoms with van der Waals surface area (Å²) in [5, 5.41) is 11.1. The topological polar surface area (TPSA) is 107 Å². The fourth-order valence-corrected chi connectivity index (χ4v) is 4.95. The number of hydrogen-bond acceptors (Lipinski definition) is 9. The van der Waals surface area contributed by atoms with Crippen molar-refractivity contribution in [2.24, 2.45) is 0 Å². The van der Waals surface area contributed by atoms with E-state index in [9.17, 15) is 8.42 Å². The van der Waals surface area contributed by atoms with Gasteiger partial charge in [0.05, 0.1) is 17.7 Å². The minimum Gasteiger partial charge on any atom is -0.454 e. The zero-order valence-electron chi connectivity index (χ0n) is 14.3. The van der Waals surface area contributed by atoms with Crippen LogP contribution in [0.15, 0.2) is 24.4 Å². The Kier molecular flexibility index (Phi) is 4.27. The molecule has 0 aliphatic carbocycles. The van der Waals surface area contributed by atoms with E-state index in [-0.39, 0.29) is 24.3 Å². The van der Waals surface area contributed by atoms with E-state index in [0.29, 0.717) is 36.2 Å². The minimum atomic E-state index is -2.97. The van der Waals surface area contributed by atoms with Crippen LogP contribution in [0.4, 0.5) is 17.5 Å². The van der Waals surface area contributed by atoms with Crippen LogP contribution in [0.2, 0.25) is 0 Å². The van der Waals surface area contributed by atoms with Gasteiger partial charge in [-0.1, -0.05) is 0 Å². The zero-order chi connectivity index (χ0) is 18.1. The number of nitrogens with zero attached hydrogens (tertiary/aromatic N) is 4. The van der Waals surface area contributed by atoms with Crippen LogP contribution < -0.4 is 19.7 Å². The normalized spacial score (nSPS) is 20.1. The van der Waals surface area contributed by atoms with Gasteiger partial charge < -0.3 is 19.7 Å². The first-order chi connectivity index (χ1) is 12.5. The number of benzene rings is 1. The van der Waals surface area contributed by atoms with Crippen LogP contribution >= 0.6 is 0 Å². The van der Waals surface area contributed by atoms with Crippen LogP contribution in [0.1, 0.15) is 13.3 Å². The van der Waals surface area contributed by atoms with Crippen LogP contribution in [0.5, 0.6) is 11.5 Å². The Hall–Kier alpha value is -2.62. The molecule has 1 N–H and O–H groups in total. The van der Waals surface area contributed by atoms with Crippen LogP contribution in [0, 0.1) is 0 Å². The van der Waals surface area contributed by atoms with Gasteiger partial charge in [-0.05, 0) is 25.5 Å². The van der Waals surface area contributed by atoms with E-state index in [1.807, 2.05) is 24.0 Å². The van der Waals surface area contributed by atoms with Gasteiger partial charge >= 0.3 is 0 Å². The lowest BCUT2D eigenvalue weighted by Gasteiger charge is -2.27. The number of rotatable bonds is 5. The highest BCUT2D eigenvalue weighted by Crippen LogP contribution is 2.34. The van der Waals surface area contributed by atoms with Crippen molar-refractivity contribution >= 4 is 27.3 Å². The number of aromatic nitrogens is 3. The Labute approximate surface area is 151 Å². The number of ether oxygens (including phenoxy) is 2. The molecule has 1 saturated heterocycles. The van der Waals surface area contributed by atoms with E-state index in [1.54, 1.807) is 12.3 Å². The minimum absolute atomic E-state index is 0.0832. The highest BCUT2D eigenvalue weighted by atomic mass is 32.2. The predicted octanol–water partition coefficient (Wildman–Crippen LogP) is 1.36. The van der Waals surface area contributed by atoms with Crippen LogP contribution in [0.25, 0.3) is 0 Å². The average molecular weight is 377 g/mol. The Morgan fingerprint density at radius 1 is 1.31 bits per heavy atom. The standard InChI is InChI=1S/C16H19N5O4S/c1-2-21(12-5-6-26(22,23)9-12)15-8-17-20-16(19-15)18-11-3-4-13-14(7-11)25-10-24-13/h3-4,7-8,12H,2,5-6,9-10H2,1H3,(H,18,19,20). The van der Waals surface area contributed by atoms with Crippen molar-refractivity contribution in [2.75, 3.05) is 35.1 Å². The Bertz CT molecular complexity index is 921. The van der Waals surface area contributed by atoms with Gasteiger partial charge in [0.25, 0.3) is 0 Å². The lowest BCUT2D eigenvalue weighted by Crippen LogP contribution is -2.37. The summed E-state index contributed by atoms with van der Waals surface area (Å²) in [6.07, 6.45) is 2.16. The molecule has 138 valence electrons. The number of hydrogen-bond donors (Lipinski definition) is 1. The van der Waals surface area contributed by atoms with Gasteiger partial charge in [-0.25, -0.2) is 8.42 Å². The molecule has 1 fully saturated rings. The second-order valence-electron chi connectivity index (χ2n) is 6.17. The second kappa shape index (κ2) is 6.60. The largest absolute Gasteiger partial charge is 0.454 e. The monoisotopic (exact) mass is 377 g/mol. The molecule has 1 aromatic heterocycles. The van der Waals surface area contributed by atoms with Crippen LogP contribution in [0.3, 0.4) is 0 Å². The SMILES string of the molecule is CCN(c1cnnc(Nc2ccc3c(c2)OCO3)n1)C1CCS(=O)(=O)C1. The zero-order valence-corrected chi connectivity index (χ0v) is 15.1. The third-order valence-corrected chi connectivity index (χ3v) is 6.21. The van der Waals surface area contributed by atoms with Crippen molar-refractivity contribution in [1.82, 2.24) is 15.2 Å². The Morgan fingerprint density at radius 3 is 2.92 bits per heavy atom. The molecule has 0 spiro atoms. The van der Waals surface area contributed by atoms with Gasteiger partial charge in [0.15, 0.2) is 27.2 Å². The first kappa shape index (κ1) is 16.8. The van der Waals surface area contributed by atoms with Crippen molar-refractivity contribution in [3.8, 4) is 11.5 Å². The summed E-state index contributed by atoms with van der Waals surface area (Å²) in [6.45, 7) is 2.82. The summed E-state index contributed by atoms with van der Waals surface area (Å²) < 4.78 is 34.2. The summed E-state index contributed by atoms with van der Waals surface area (Å²) in [5.74, 6) is 2.66. The molecule has 2 aliphatic heterocycles. The lowest BCUT2D eigenvalue weighted by atomic mass is 10.2. The molecule has 1 unspecified atom stereocenters. The first-order valence-corrected chi connectivity index (χ1v) is 10.2. The first-order valence-electron chi connectivity index (χ1n) is 8.37. The summed E-state index contributed by atoms with van der Waals surface area (Å²) in [5.41, 5.74) is 0.750. The molecule has 2 aliphatic rings. The average Bonchev–Trinajstić information content (AvgIpc) is 3.22. The highest BCUT2D eigenvalue weighted by Gasteiger charge is 2.32. The molecule has 9 nitrogen and oxygen atoms in total. The van der Waals surface area contributed by atoms with Gasteiger partial charge in [-0.2, -0.15) is 10.1 Å². The Balaban J connectivity index is 1.54. The van der Waals surface area contributed by atoms with E-state index in [0.717, 1.165) is 5.69 Å². The number of fused-ring (bicyclic) bond motifs is 1. The van der Waals surface area contributed by atoms with Crippen molar-refractivity contribution in [1.29, 1.82) is 0 Å². The van der Waals surface area contributed by atoms with E-state index < -0.39 is 9.84 Å². The summed E-state index contributed by atoms with van der Waals surface area (Å²) in [6, 6.07) is 5.37. The quantitative estimate of drug-likeness (QED) is 0.826. The fourth-order valence-electron chi connectivity index (χ4n) is 3.22. The van der Waals surface area contributed by atoms with Crippen LogP contribution in [-0.4, -0.2) is 54.5 Å². The van der Waals surface area contributed by atoms with E-state index in [1.165, 1.54) is 0 Å². The summed E-state index contributed by atoms with van der Waals surface area (Å²) in [7, 11) is -2.97. The highest BCUT2D eigenvalue weighted by molar-refractivity contribution is 7.91. The van der Waals surface area contributed by atoms with Crippen molar-refractivity contribution in [3.05, 3.63) is 24.4 Å². The molecule has 3 heterocycles. The van der Waals surface area contributed by atoms with Crippen molar-refractivity contribution < 1.29 is 17.9 Å². The van der Waals surface area contributed by atoms with Gasteiger partial charge in [-0.15, -0.1) is 5.10 Å². The molecular weight excluding hydrogens is 358 g/mol. The lowest BCUT2D eigenvalue weighted by molar-refractivity contribution is 0.174. The van der Waals surface area contributed by atoms with Crippen molar-refractivity contribution in [3.63, 3.8) is 0 Å². The Morgan fingerprint density at radius 2 is 2.15 bits per heavy atom. The van der Waals surface area contributed by atoms with E-state index in [2.05, 4.69) is 20.5 Å². The van der Waals surface area contributed by atoms with Crippen molar-refractivity contribution in [2.45, 2.75) is 19.4 Å². The molecule has 0 bridgehead atoms. The van der Waals surface area contributed by atoms with E-state index >= 15 is 0 Å². The third-order valence-electron chi connectivity index (χ3n) is 4.46. The summed E-state index contributed by atoms with van der Waals surface area (Å²) >= 11 is 0. The molecule has 0 amide bonds. The maximum absolute atomic E-state index is 11.8. The number of anilines is 3. The molecule has 10 heteroatoms. The molecule has 4 rings (SSSR count). The van der Waals surface area contributed by atoms with Gasteiger partial charge in [0.1, 0.15) is 0 Å². The second-order valence-corrected chi connectivity index (χ2v) is 8.40. The maximum atomic E-state index is 11.8. The van der Waals surface area contributed by atoms with Gasteiger partial charge in [0.2, 0.25) is 12.7 Å². The number of nitrogens with one attached hydrogen (secondary N) is 1. The maximum Gasteiger partial charge on any atom is 0.249 e. The van der Waals surface area contributed by atoms with Gasteiger partial charge in [0, 0.05) is 24.3 Å². The predicted molar refractivity (Wildman–Crippen MR) is 95.8 cm³/mol. The number of sulfone groups is 1. The molecule has 0 radical (unpaired) electrons. The smallest absolute Gasteiger partial charge is 0.249 e. The van der Waals surface area contributed by atoms with Crippen LogP contribution in [-0.2, 0) is 9.84 Å². The molecule has 2 aromatic rings. The molecule has 1 atom stereocenters. The molecule has 26 heavy (non-hydrogen) atoms. The summed E-state index contributed by atoms with van der Waals surface area (Å²) in [4.78, 5) is 6.46.